The number of hydrogen-bond donors (Lipinski definition) is 2. The first-order chi connectivity index (χ1) is 14.1. The molecule has 1 atom stereocenters. The van der Waals surface area contributed by atoms with Crippen LogP contribution in [0.25, 0.3) is 11.1 Å². The summed E-state index contributed by atoms with van der Waals surface area (Å²) in [6, 6.07) is 20.5. The predicted molar refractivity (Wildman–Crippen MR) is 117 cm³/mol. The van der Waals surface area contributed by atoms with Crippen molar-refractivity contribution in [1.29, 1.82) is 0 Å². The van der Waals surface area contributed by atoms with Crippen LogP contribution in [0.15, 0.2) is 66.9 Å². The molecular weight excluding hydrogens is 382 g/mol. The number of anilines is 1. The summed E-state index contributed by atoms with van der Waals surface area (Å²) >= 11 is 1.06. The van der Waals surface area contributed by atoms with E-state index in [1.807, 2.05) is 31.2 Å². The van der Waals surface area contributed by atoms with Crippen molar-refractivity contribution in [2.45, 2.75) is 25.1 Å². The van der Waals surface area contributed by atoms with Crippen molar-refractivity contribution in [1.82, 2.24) is 10.3 Å². The summed E-state index contributed by atoms with van der Waals surface area (Å²) in [5, 5.41) is 5.12. The monoisotopic (exact) mass is 403 g/mol. The van der Waals surface area contributed by atoms with E-state index in [4.69, 9.17) is 0 Å². The van der Waals surface area contributed by atoms with Gasteiger partial charge in [-0.25, -0.2) is 4.98 Å². The van der Waals surface area contributed by atoms with Crippen LogP contribution < -0.4 is 10.6 Å². The third-order valence-corrected chi connectivity index (χ3v) is 5.85. The van der Waals surface area contributed by atoms with E-state index in [2.05, 4.69) is 52.0 Å². The summed E-state index contributed by atoms with van der Waals surface area (Å²) < 4.78 is 0. The van der Waals surface area contributed by atoms with Gasteiger partial charge in [0, 0.05) is 12.7 Å². The van der Waals surface area contributed by atoms with Gasteiger partial charge in [0.1, 0.15) is 5.82 Å². The van der Waals surface area contributed by atoms with E-state index in [0.717, 1.165) is 39.8 Å². The number of aryl methyl sites for hydroxylation is 1. The zero-order chi connectivity index (χ0) is 20.2. The first kappa shape index (κ1) is 19.2. The molecule has 1 aromatic heterocycles. The molecule has 0 spiro atoms. The third-order valence-electron chi connectivity index (χ3n) is 4.87. The second kappa shape index (κ2) is 8.49. The Kier molecular flexibility index (Phi) is 5.62. The molecule has 3 aromatic rings. The molecule has 2 aromatic carbocycles. The second-order valence-corrected chi connectivity index (χ2v) is 8.18. The zero-order valence-electron chi connectivity index (χ0n) is 16.0. The number of nitrogens with zero attached hydrogens (tertiary/aromatic N) is 1. The first-order valence-electron chi connectivity index (χ1n) is 9.44. The Morgan fingerprint density at radius 1 is 1.00 bits per heavy atom. The number of thioether (sulfide) groups is 1. The predicted octanol–water partition coefficient (Wildman–Crippen LogP) is 4.56. The van der Waals surface area contributed by atoms with E-state index >= 15 is 0 Å². The molecule has 1 saturated heterocycles. The number of nitrogens with one attached hydrogen (secondary N) is 2. The lowest BCUT2D eigenvalue weighted by molar-refractivity contribution is -0.118. The standard InChI is InChI=1S/C23H21N3O2S/c1-15-4-3-11-24-21(15)25-14-17-5-2-6-19(12-17)18-9-7-16(8-10-18)13-20-22(27)26-23(28)29-20/h2-12,20H,13-14H2,1H3,(H,24,25)(H,26,27,28). The molecular formula is C23H21N3O2S. The Morgan fingerprint density at radius 3 is 2.55 bits per heavy atom. The Morgan fingerprint density at radius 2 is 1.83 bits per heavy atom. The van der Waals surface area contributed by atoms with Gasteiger partial charge >= 0.3 is 0 Å². The molecule has 29 heavy (non-hydrogen) atoms. The Labute approximate surface area is 173 Å². The van der Waals surface area contributed by atoms with Gasteiger partial charge in [0.05, 0.1) is 5.25 Å². The van der Waals surface area contributed by atoms with Crippen molar-refractivity contribution in [2.24, 2.45) is 0 Å². The number of carbonyl (C=O) groups is 2. The van der Waals surface area contributed by atoms with Crippen molar-refractivity contribution < 1.29 is 9.59 Å². The van der Waals surface area contributed by atoms with Gasteiger partial charge in [-0.15, -0.1) is 0 Å². The molecule has 2 amide bonds. The van der Waals surface area contributed by atoms with Crippen LogP contribution in [-0.4, -0.2) is 21.4 Å². The van der Waals surface area contributed by atoms with Gasteiger partial charge in [0.25, 0.3) is 5.24 Å². The fourth-order valence-electron chi connectivity index (χ4n) is 3.29. The van der Waals surface area contributed by atoms with Crippen molar-refractivity contribution in [3.8, 4) is 11.1 Å². The fraction of sp³-hybridized carbons (Fsp3) is 0.174. The summed E-state index contributed by atoms with van der Waals surface area (Å²) in [4.78, 5) is 27.4. The highest BCUT2D eigenvalue weighted by molar-refractivity contribution is 8.15. The summed E-state index contributed by atoms with van der Waals surface area (Å²) in [6.07, 6.45) is 2.34. The highest BCUT2D eigenvalue weighted by atomic mass is 32.2. The molecule has 0 bridgehead atoms. The lowest BCUT2D eigenvalue weighted by Gasteiger charge is -2.10. The quantitative estimate of drug-likeness (QED) is 0.631. The minimum Gasteiger partial charge on any atom is -0.366 e. The Bertz CT molecular complexity index is 1050. The zero-order valence-corrected chi connectivity index (χ0v) is 16.8. The van der Waals surface area contributed by atoms with Crippen LogP contribution in [0.2, 0.25) is 0 Å². The largest absolute Gasteiger partial charge is 0.366 e. The van der Waals surface area contributed by atoms with E-state index in [0.29, 0.717) is 13.0 Å². The van der Waals surface area contributed by atoms with Crippen LogP contribution in [0.1, 0.15) is 16.7 Å². The van der Waals surface area contributed by atoms with Gasteiger partial charge in [0.15, 0.2) is 0 Å². The average Bonchev–Trinajstić information content (AvgIpc) is 3.05. The molecule has 0 radical (unpaired) electrons. The second-order valence-electron chi connectivity index (χ2n) is 7.01. The minimum atomic E-state index is -0.335. The molecule has 2 heterocycles. The maximum absolute atomic E-state index is 11.7. The lowest BCUT2D eigenvalue weighted by atomic mass is 10.0. The molecule has 1 aliphatic heterocycles. The SMILES string of the molecule is Cc1cccnc1NCc1cccc(-c2ccc(CC3SC(=O)NC3=O)cc2)c1. The van der Waals surface area contributed by atoms with Gasteiger partial charge in [-0.3, -0.25) is 14.9 Å². The number of pyridine rings is 1. The summed E-state index contributed by atoms with van der Waals surface area (Å²) in [6.45, 7) is 2.74. The molecule has 5 nitrogen and oxygen atoms in total. The molecule has 0 saturated carbocycles. The number of hydrogen-bond acceptors (Lipinski definition) is 5. The topological polar surface area (TPSA) is 71.1 Å². The Hall–Kier alpha value is -3.12. The summed E-state index contributed by atoms with van der Waals surface area (Å²) in [7, 11) is 0. The smallest absolute Gasteiger partial charge is 0.286 e. The first-order valence-corrected chi connectivity index (χ1v) is 10.3. The van der Waals surface area contributed by atoms with Crippen LogP contribution in [-0.2, 0) is 17.8 Å². The van der Waals surface area contributed by atoms with Gasteiger partial charge in [-0.05, 0) is 53.3 Å². The highest BCUT2D eigenvalue weighted by Crippen LogP contribution is 2.25. The van der Waals surface area contributed by atoms with Gasteiger partial charge in [-0.2, -0.15) is 0 Å². The highest BCUT2D eigenvalue weighted by Gasteiger charge is 2.31. The van der Waals surface area contributed by atoms with E-state index in [1.165, 1.54) is 5.56 Å². The number of imide groups is 1. The third kappa shape index (κ3) is 4.66. The van der Waals surface area contributed by atoms with Gasteiger partial charge in [-0.1, -0.05) is 60.3 Å². The van der Waals surface area contributed by atoms with E-state index in [-0.39, 0.29) is 16.4 Å². The average molecular weight is 404 g/mol. The molecule has 1 unspecified atom stereocenters. The van der Waals surface area contributed by atoms with Crippen LogP contribution in [0.4, 0.5) is 10.6 Å². The number of amides is 2. The number of rotatable bonds is 6. The molecule has 2 N–H and O–H groups in total. The maximum atomic E-state index is 11.7. The summed E-state index contributed by atoms with van der Waals surface area (Å²) in [5.41, 5.74) is 5.59. The van der Waals surface area contributed by atoms with Crippen LogP contribution in [0.3, 0.4) is 0 Å². The minimum absolute atomic E-state index is 0.201. The van der Waals surface area contributed by atoms with Crippen LogP contribution in [0, 0.1) is 6.92 Å². The van der Waals surface area contributed by atoms with Gasteiger partial charge < -0.3 is 5.32 Å². The van der Waals surface area contributed by atoms with Crippen LogP contribution in [0.5, 0.6) is 0 Å². The summed E-state index contributed by atoms with van der Waals surface area (Å²) in [5.74, 6) is 0.696. The molecule has 146 valence electrons. The van der Waals surface area contributed by atoms with E-state index < -0.39 is 0 Å². The number of carbonyl (C=O) groups excluding carboxylic acids is 2. The van der Waals surface area contributed by atoms with Crippen molar-refractivity contribution >= 4 is 28.7 Å². The number of aromatic nitrogens is 1. The van der Waals surface area contributed by atoms with Gasteiger partial charge in [0.2, 0.25) is 5.91 Å². The maximum Gasteiger partial charge on any atom is 0.286 e. The lowest BCUT2D eigenvalue weighted by Crippen LogP contribution is -2.25. The molecule has 4 rings (SSSR count). The Balaban J connectivity index is 1.43. The van der Waals surface area contributed by atoms with E-state index in [9.17, 15) is 9.59 Å². The van der Waals surface area contributed by atoms with Crippen LogP contribution >= 0.6 is 11.8 Å². The van der Waals surface area contributed by atoms with Crippen molar-refractivity contribution in [2.75, 3.05) is 5.32 Å². The van der Waals surface area contributed by atoms with Crippen molar-refractivity contribution in [3.63, 3.8) is 0 Å². The fourth-order valence-corrected chi connectivity index (χ4v) is 4.15. The molecule has 6 heteroatoms. The molecule has 1 aliphatic rings. The normalized spacial score (nSPS) is 16.0. The van der Waals surface area contributed by atoms with Crippen molar-refractivity contribution in [3.05, 3.63) is 83.6 Å². The molecule has 0 aliphatic carbocycles. The van der Waals surface area contributed by atoms with E-state index in [1.54, 1.807) is 6.20 Å². The molecule has 1 fully saturated rings. The number of benzene rings is 2.